The summed E-state index contributed by atoms with van der Waals surface area (Å²) in [6, 6.07) is 0. The van der Waals surface area contributed by atoms with E-state index in [2.05, 4.69) is 16.0 Å². The van der Waals surface area contributed by atoms with E-state index in [1.807, 2.05) is 4.90 Å². The van der Waals surface area contributed by atoms with Gasteiger partial charge in [-0.05, 0) is 38.6 Å². The number of hydrogen-bond donors (Lipinski definition) is 3. The lowest BCUT2D eigenvalue weighted by atomic mass is 10.1. The zero-order chi connectivity index (χ0) is 26.6. The van der Waals surface area contributed by atoms with Crippen LogP contribution in [0.5, 0.6) is 0 Å². The van der Waals surface area contributed by atoms with Crippen molar-refractivity contribution in [2.24, 2.45) is 0 Å². The van der Waals surface area contributed by atoms with E-state index in [-0.39, 0.29) is 29.8 Å². The highest BCUT2D eigenvalue weighted by Crippen LogP contribution is 2.12. The largest absolute Gasteiger partial charge is 0.356 e. The van der Waals surface area contributed by atoms with Gasteiger partial charge in [-0.1, -0.05) is 44.9 Å². The maximum atomic E-state index is 12.3. The van der Waals surface area contributed by atoms with Crippen molar-refractivity contribution in [3.05, 3.63) is 0 Å². The van der Waals surface area contributed by atoms with Crippen LogP contribution in [-0.2, 0) is 19.2 Å². The standard InChI is InChI=1S/C27H51N5O4/c1-23(33)28-17-12-19-31(24(2)34)21-14-22-32(25(3)35)20-13-18-29-26-15-10-8-6-4-5-7-9-11-16-27(36)30-26/h26,29H,4-22H2,1-3H3,(H,28,33)(H,30,36). The molecule has 0 aromatic carbocycles. The van der Waals surface area contributed by atoms with Crippen molar-refractivity contribution < 1.29 is 19.2 Å². The summed E-state index contributed by atoms with van der Waals surface area (Å²) in [5.41, 5.74) is 0. The Morgan fingerprint density at radius 3 is 1.81 bits per heavy atom. The summed E-state index contributed by atoms with van der Waals surface area (Å²) in [6.45, 7) is 8.32. The molecule has 1 heterocycles. The van der Waals surface area contributed by atoms with Crippen LogP contribution in [0.25, 0.3) is 0 Å². The lowest BCUT2D eigenvalue weighted by molar-refractivity contribution is -0.129. The molecule has 0 aromatic rings. The van der Waals surface area contributed by atoms with Crippen LogP contribution < -0.4 is 16.0 Å². The molecule has 208 valence electrons. The Balaban J connectivity index is 2.38. The maximum Gasteiger partial charge on any atom is 0.221 e. The predicted molar refractivity (Wildman–Crippen MR) is 143 cm³/mol. The van der Waals surface area contributed by atoms with E-state index in [0.29, 0.717) is 52.0 Å². The van der Waals surface area contributed by atoms with Gasteiger partial charge >= 0.3 is 0 Å². The van der Waals surface area contributed by atoms with Gasteiger partial charge in [0.2, 0.25) is 23.6 Å². The van der Waals surface area contributed by atoms with E-state index < -0.39 is 0 Å². The van der Waals surface area contributed by atoms with Gasteiger partial charge in [0, 0.05) is 59.9 Å². The molecule has 0 aromatic heterocycles. The summed E-state index contributed by atoms with van der Waals surface area (Å²) in [7, 11) is 0. The fourth-order valence-electron chi connectivity index (χ4n) is 4.57. The van der Waals surface area contributed by atoms with Crippen molar-refractivity contribution in [1.82, 2.24) is 25.8 Å². The molecule has 1 rings (SSSR count). The first-order valence-electron chi connectivity index (χ1n) is 14.1. The topological polar surface area (TPSA) is 111 Å². The quantitative estimate of drug-likeness (QED) is 0.331. The van der Waals surface area contributed by atoms with Gasteiger partial charge in [0.25, 0.3) is 0 Å². The number of nitrogens with zero attached hydrogens (tertiary/aromatic N) is 2. The van der Waals surface area contributed by atoms with Crippen molar-refractivity contribution in [2.75, 3.05) is 39.3 Å². The van der Waals surface area contributed by atoms with Crippen LogP contribution in [0.15, 0.2) is 0 Å². The predicted octanol–water partition coefficient (Wildman–Crippen LogP) is 2.94. The lowest BCUT2D eigenvalue weighted by Gasteiger charge is -2.25. The summed E-state index contributed by atoms with van der Waals surface area (Å²) < 4.78 is 0. The summed E-state index contributed by atoms with van der Waals surface area (Å²) in [4.78, 5) is 51.0. The van der Waals surface area contributed by atoms with Crippen molar-refractivity contribution in [1.29, 1.82) is 0 Å². The molecule has 1 fully saturated rings. The summed E-state index contributed by atoms with van der Waals surface area (Å²) in [6.07, 6.45) is 13.2. The molecular weight excluding hydrogens is 458 g/mol. The average Bonchev–Trinajstić information content (AvgIpc) is 2.83. The minimum absolute atomic E-state index is 0.00565. The van der Waals surface area contributed by atoms with Crippen molar-refractivity contribution in [3.8, 4) is 0 Å². The molecule has 4 amide bonds. The molecule has 9 heteroatoms. The normalized spacial score (nSPS) is 17.6. The second-order valence-electron chi connectivity index (χ2n) is 10.00. The van der Waals surface area contributed by atoms with Crippen molar-refractivity contribution in [2.45, 2.75) is 110 Å². The summed E-state index contributed by atoms with van der Waals surface area (Å²) in [5.74, 6) is 0.0980. The van der Waals surface area contributed by atoms with Gasteiger partial charge in [0.15, 0.2) is 0 Å². The van der Waals surface area contributed by atoms with Gasteiger partial charge < -0.3 is 20.4 Å². The molecule has 1 saturated heterocycles. The Kier molecular flexibility index (Phi) is 17.7. The molecule has 0 saturated carbocycles. The van der Waals surface area contributed by atoms with E-state index in [1.165, 1.54) is 39.0 Å². The van der Waals surface area contributed by atoms with Gasteiger partial charge in [-0.25, -0.2) is 0 Å². The lowest BCUT2D eigenvalue weighted by Crippen LogP contribution is -2.46. The zero-order valence-corrected chi connectivity index (χ0v) is 23.0. The van der Waals surface area contributed by atoms with Crippen LogP contribution in [0.3, 0.4) is 0 Å². The Morgan fingerprint density at radius 1 is 0.750 bits per heavy atom. The molecule has 3 N–H and O–H groups in total. The average molecular weight is 510 g/mol. The highest BCUT2D eigenvalue weighted by Gasteiger charge is 2.14. The van der Waals surface area contributed by atoms with Gasteiger partial charge in [0.05, 0.1) is 6.17 Å². The smallest absolute Gasteiger partial charge is 0.221 e. The van der Waals surface area contributed by atoms with E-state index in [4.69, 9.17) is 0 Å². The summed E-state index contributed by atoms with van der Waals surface area (Å²) in [5, 5.41) is 9.39. The number of nitrogens with one attached hydrogen (secondary N) is 3. The molecule has 0 radical (unpaired) electrons. The van der Waals surface area contributed by atoms with Crippen LogP contribution in [0.2, 0.25) is 0 Å². The second kappa shape index (κ2) is 20.0. The Labute approximate surface area is 218 Å². The molecule has 9 nitrogen and oxygen atoms in total. The third-order valence-corrected chi connectivity index (χ3v) is 6.70. The van der Waals surface area contributed by atoms with Crippen LogP contribution in [0, 0.1) is 0 Å². The van der Waals surface area contributed by atoms with E-state index in [9.17, 15) is 19.2 Å². The van der Waals surface area contributed by atoms with Gasteiger partial charge in [-0.15, -0.1) is 0 Å². The Bertz CT molecular complexity index is 658. The Morgan fingerprint density at radius 2 is 1.25 bits per heavy atom. The fraction of sp³-hybridized carbons (Fsp3) is 0.852. The van der Waals surface area contributed by atoms with Gasteiger partial charge in [0.1, 0.15) is 0 Å². The number of carbonyl (C=O) groups is 4. The molecule has 1 aliphatic heterocycles. The van der Waals surface area contributed by atoms with Crippen LogP contribution >= 0.6 is 0 Å². The van der Waals surface area contributed by atoms with Crippen LogP contribution in [-0.4, -0.2) is 78.9 Å². The third kappa shape index (κ3) is 16.5. The van der Waals surface area contributed by atoms with E-state index in [1.54, 1.807) is 18.7 Å². The van der Waals surface area contributed by atoms with Gasteiger partial charge in [-0.2, -0.15) is 0 Å². The number of carbonyl (C=O) groups excluding carboxylic acids is 4. The zero-order valence-electron chi connectivity index (χ0n) is 23.0. The minimum Gasteiger partial charge on any atom is -0.356 e. The summed E-state index contributed by atoms with van der Waals surface area (Å²) >= 11 is 0. The van der Waals surface area contributed by atoms with E-state index in [0.717, 1.165) is 38.6 Å². The molecular formula is C27H51N5O4. The van der Waals surface area contributed by atoms with Crippen molar-refractivity contribution >= 4 is 23.6 Å². The highest BCUT2D eigenvalue weighted by molar-refractivity contribution is 5.76. The van der Waals surface area contributed by atoms with Crippen molar-refractivity contribution in [3.63, 3.8) is 0 Å². The number of rotatable bonds is 13. The van der Waals surface area contributed by atoms with E-state index >= 15 is 0 Å². The third-order valence-electron chi connectivity index (χ3n) is 6.70. The monoisotopic (exact) mass is 509 g/mol. The molecule has 0 bridgehead atoms. The molecule has 1 atom stereocenters. The molecule has 0 aliphatic carbocycles. The number of amides is 4. The van der Waals surface area contributed by atoms with Crippen LogP contribution in [0.1, 0.15) is 104 Å². The SMILES string of the molecule is CC(=O)NCCCN(CCCN(CCCNC1CCCCCCCCCCC(=O)N1)C(C)=O)C(C)=O. The molecule has 1 aliphatic rings. The number of hydrogen-bond acceptors (Lipinski definition) is 5. The molecule has 1 unspecified atom stereocenters. The first kappa shape index (κ1) is 31.9. The van der Waals surface area contributed by atoms with Crippen LogP contribution in [0.4, 0.5) is 0 Å². The molecule has 36 heavy (non-hydrogen) atoms. The highest BCUT2D eigenvalue weighted by atomic mass is 16.2. The maximum absolute atomic E-state index is 12.3. The fourth-order valence-corrected chi connectivity index (χ4v) is 4.57. The second-order valence-corrected chi connectivity index (χ2v) is 10.00. The minimum atomic E-state index is -0.0694. The van der Waals surface area contributed by atoms with Gasteiger partial charge in [-0.3, -0.25) is 24.5 Å². The molecule has 0 spiro atoms. The first-order valence-corrected chi connectivity index (χ1v) is 14.1. The Hall–Kier alpha value is -2.16. The first-order chi connectivity index (χ1) is 17.3.